The van der Waals surface area contributed by atoms with Gasteiger partial charge in [0.05, 0.1) is 23.9 Å². The molecule has 1 fully saturated rings. The fraction of sp³-hybridized carbons (Fsp3) is 0.684. The summed E-state index contributed by atoms with van der Waals surface area (Å²) in [6.07, 6.45) is 5.09. The molecule has 0 spiro atoms. The first-order valence-corrected chi connectivity index (χ1v) is 23.4. The van der Waals surface area contributed by atoms with Gasteiger partial charge in [-0.1, -0.05) is 71.9 Å². The van der Waals surface area contributed by atoms with Gasteiger partial charge in [-0.05, 0) is 87.6 Å². The van der Waals surface area contributed by atoms with E-state index < -0.39 is 34.5 Å². The predicted octanol–water partition coefficient (Wildman–Crippen LogP) is 10.7. The maximum Gasteiger partial charge on any atom is 0.416 e. The van der Waals surface area contributed by atoms with E-state index in [-0.39, 0.29) is 58.2 Å². The smallest absolute Gasteiger partial charge is 0.416 e. The van der Waals surface area contributed by atoms with Gasteiger partial charge in [-0.2, -0.15) is 13.2 Å². The zero-order valence-electron chi connectivity index (χ0n) is 31.8. The summed E-state index contributed by atoms with van der Waals surface area (Å²) < 4.78 is 64.9. The van der Waals surface area contributed by atoms with Gasteiger partial charge in [0.25, 0.3) is 0 Å². The third kappa shape index (κ3) is 13.4. The highest BCUT2D eigenvalue weighted by atomic mass is 28.4. The van der Waals surface area contributed by atoms with E-state index in [2.05, 4.69) is 67.7 Å². The van der Waals surface area contributed by atoms with Crippen LogP contribution in [0, 0.1) is 11.8 Å². The minimum Gasteiger partial charge on any atom is -0.491 e. The van der Waals surface area contributed by atoms with Crippen molar-refractivity contribution in [1.82, 2.24) is 0 Å². The van der Waals surface area contributed by atoms with Crippen LogP contribution in [0.3, 0.4) is 0 Å². The van der Waals surface area contributed by atoms with Gasteiger partial charge in [-0.25, -0.2) is 0 Å². The van der Waals surface area contributed by atoms with Gasteiger partial charge in [-0.3, -0.25) is 9.59 Å². The van der Waals surface area contributed by atoms with Gasteiger partial charge < -0.3 is 18.3 Å². The maximum absolute atomic E-state index is 13.5. The molecule has 0 N–H and O–H groups in total. The summed E-state index contributed by atoms with van der Waals surface area (Å²) in [5, 5.41) is -0.169. The van der Waals surface area contributed by atoms with Gasteiger partial charge in [0.1, 0.15) is 18.1 Å². The Kier molecular flexibility index (Phi) is 15.2. The van der Waals surface area contributed by atoms with Crippen molar-refractivity contribution in [2.75, 3.05) is 6.61 Å². The molecule has 278 valence electrons. The first-order valence-electron chi connectivity index (χ1n) is 17.6. The molecule has 0 radical (unpaired) electrons. The Bertz CT molecular complexity index is 1290. The summed E-state index contributed by atoms with van der Waals surface area (Å²) in [5.74, 6) is -0.470. The monoisotopic (exact) mass is 726 g/mol. The lowest BCUT2D eigenvalue weighted by Crippen LogP contribution is -2.45. The summed E-state index contributed by atoms with van der Waals surface area (Å²) >= 11 is 0. The molecule has 4 atom stereocenters. The highest BCUT2D eigenvalue weighted by Gasteiger charge is 2.47. The lowest BCUT2D eigenvalue weighted by atomic mass is 9.90. The van der Waals surface area contributed by atoms with E-state index in [0.717, 1.165) is 12.1 Å². The molecule has 2 unspecified atom stereocenters. The van der Waals surface area contributed by atoms with E-state index in [9.17, 15) is 22.8 Å². The zero-order valence-corrected chi connectivity index (χ0v) is 33.8. The van der Waals surface area contributed by atoms with Crippen molar-refractivity contribution in [3.63, 3.8) is 0 Å². The fourth-order valence-corrected chi connectivity index (χ4v) is 7.71. The molecule has 0 heterocycles. The van der Waals surface area contributed by atoms with Crippen LogP contribution in [0.1, 0.15) is 93.1 Å². The van der Waals surface area contributed by atoms with E-state index in [1.54, 1.807) is 0 Å². The summed E-state index contributed by atoms with van der Waals surface area (Å²) in [6.45, 7) is 25.2. The minimum absolute atomic E-state index is 0.0164. The van der Waals surface area contributed by atoms with Crippen LogP contribution < -0.4 is 4.74 Å². The second-order valence-corrected chi connectivity index (χ2v) is 26.1. The summed E-state index contributed by atoms with van der Waals surface area (Å²) in [5.41, 5.74) is -0.774. The molecule has 11 heteroatoms. The van der Waals surface area contributed by atoms with Crippen LogP contribution in [0.15, 0.2) is 48.6 Å². The summed E-state index contributed by atoms with van der Waals surface area (Å²) in [7, 11) is -4.56. The number of unbranched alkanes of at least 4 members (excludes halogenated alkanes) is 1. The molecule has 1 saturated carbocycles. The van der Waals surface area contributed by atoms with Crippen molar-refractivity contribution in [2.24, 2.45) is 11.8 Å². The molecular weight excluding hydrogens is 666 g/mol. The van der Waals surface area contributed by atoms with Crippen molar-refractivity contribution in [3.05, 3.63) is 54.1 Å². The van der Waals surface area contributed by atoms with Crippen LogP contribution in [0.5, 0.6) is 5.75 Å². The molecule has 0 aliphatic heterocycles. The zero-order chi connectivity index (χ0) is 37.4. The number of Topliss-reactive ketones (excluding diaryl/α,β-unsaturated/α-hetero) is 1. The van der Waals surface area contributed by atoms with Crippen LogP contribution in [0.4, 0.5) is 13.2 Å². The highest BCUT2D eigenvalue weighted by molar-refractivity contribution is 6.74. The number of alkyl halides is 3. The SMILES string of the molecule is CC(C)OC(=O)CCC/C=C\C[C@H]1C(=O)CC(O[Si](C)(C)C(C)(C)C)[C@@H]1/C=C/C(COc1cccc(C(F)(F)F)c1)O[Si](C)(C)C(C)(C)C. The Morgan fingerprint density at radius 2 is 1.61 bits per heavy atom. The number of rotatable bonds is 16. The lowest BCUT2D eigenvalue weighted by molar-refractivity contribution is -0.147. The molecule has 0 aromatic heterocycles. The second kappa shape index (κ2) is 17.3. The first-order chi connectivity index (χ1) is 22.3. The molecule has 1 aliphatic rings. The van der Waals surface area contributed by atoms with Crippen LogP contribution in [0.25, 0.3) is 0 Å². The van der Waals surface area contributed by atoms with Crippen LogP contribution >= 0.6 is 0 Å². The number of carbonyl (C=O) groups is 2. The number of allylic oxidation sites excluding steroid dienone is 2. The molecule has 0 saturated heterocycles. The van der Waals surface area contributed by atoms with Crippen molar-refractivity contribution >= 4 is 28.4 Å². The summed E-state index contributed by atoms with van der Waals surface area (Å²) in [6, 6.07) is 4.86. The van der Waals surface area contributed by atoms with Crippen molar-refractivity contribution in [3.8, 4) is 5.75 Å². The largest absolute Gasteiger partial charge is 0.491 e. The molecule has 1 aromatic carbocycles. The minimum atomic E-state index is -4.48. The Morgan fingerprint density at radius 3 is 2.18 bits per heavy atom. The molecule has 2 rings (SSSR count). The van der Waals surface area contributed by atoms with Crippen LogP contribution in [-0.2, 0) is 29.4 Å². The normalized spacial score (nSPS) is 20.5. The molecule has 0 amide bonds. The van der Waals surface area contributed by atoms with Gasteiger partial charge in [0, 0.05) is 24.7 Å². The molecule has 49 heavy (non-hydrogen) atoms. The number of carbonyl (C=O) groups excluding carboxylic acids is 2. The average molecular weight is 727 g/mol. The topological polar surface area (TPSA) is 71.1 Å². The molecular formula is C38H61F3O6Si2. The van der Waals surface area contributed by atoms with Crippen LogP contribution in [-0.4, -0.2) is 53.3 Å². The predicted molar refractivity (Wildman–Crippen MR) is 196 cm³/mol. The molecule has 1 aromatic rings. The number of hydrogen-bond donors (Lipinski definition) is 0. The number of ketones is 1. The fourth-order valence-electron chi connectivity index (χ4n) is 5.11. The average Bonchev–Trinajstić information content (AvgIpc) is 3.22. The van der Waals surface area contributed by atoms with Gasteiger partial charge in [-0.15, -0.1) is 0 Å². The molecule has 6 nitrogen and oxygen atoms in total. The van der Waals surface area contributed by atoms with Crippen molar-refractivity contribution in [1.29, 1.82) is 0 Å². The Balaban J connectivity index is 2.37. The number of ether oxygens (including phenoxy) is 2. The Hall–Kier alpha value is -2.22. The van der Waals surface area contributed by atoms with Crippen LogP contribution in [0.2, 0.25) is 36.3 Å². The molecule has 1 aliphatic carbocycles. The van der Waals surface area contributed by atoms with Gasteiger partial charge in [0.2, 0.25) is 0 Å². The van der Waals surface area contributed by atoms with E-state index in [1.165, 1.54) is 12.1 Å². The third-order valence-electron chi connectivity index (χ3n) is 10.0. The van der Waals surface area contributed by atoms with E-state index >= 15 is 0 Å². The summed E-state index contributed by atoms with van der Waals surface area (Å²) in [4.78, 5) is 25.4. The van der Waals surface area contributed by atoms with E-state index in [0.29, 0.717) is 32.1 Å². The number of halogens is 3. The Labute approximate surface area is 295 Å². The second-order valence-electron chi connectivity index (χ2n) is 16.5. The van der Waals surface area contributed by atoms with Gasteiger partial charge >= 0.3 is 12.1 Å². The van der Waals surface area contributed by atoms with Crippen molar-refractivity contribution in [2.45, 2.75) is 148 Å². The first kappa shape index (κ1) is 42.9. The third-order valence-corrected chi connectivity index (χ3v) is 19.0. The maximum atomic E-state index is 13.5. The van der Waals surface area contributed by atoms with Crippen molar-refractivity contribution < 1.29 is 41.1 Å². The Morgan fingerprint density at radius 1 is 0.980 bits per heavy atom. The lowest BCUT2D eigenvalue weighted by Gasteiger charge is -2.40. The number of esters is 1. The van der Waals surface area contributed by atoms with E-state index in [4.69, 9.17) is 18.3 Å². The number of hydrogen-bond acceptors (Lipinski definition) is 6. The highest BCUT2D eigenvalue weighted by Crippen LogP contribution is 2.43. The quantitative estimate of drug-likeness (QED) is 0.0731. The van der Waals surface area contributed by atoms with Gasteiger partial charge in [0.15, 0.2) is 16.6 Å². The standard InChI is InChI=1S/C38H61F3O6Si2/c1-27(2)45-35(43)21-16-14-13-15-20-31-32(34(25-33(31)42)47-49(11,12)37(6,7)8)23-22-30(46-48(9,10)36(3,4)5)26-44-29-19-17-18-28(24-29)38(39,40)41/h13,15,17-19,22-24,27,30-32,34H,14,16,20-21,25-26H2,1-12H3/b15-13-,23-22+/t30?,31-,32-,34?/m1/s1. The molecule has 0 bridgehead atoms. The number of benzene rings is 1. The van der Waals surface area contributed by atoms with E-state index in [1.807, 2.05) is 38.2 Å².